The highest BCUT2D eigenvalue weighted by Gasteiger charge is 2.09. The Morgan fingerprint density at radius 1 is 1.54 bits per heavy atom. The first-order valence-electron chi connectivity index (χ1n) is 4.23. The summed E-state index contributed by atoms with van der Waals surface area (Å²) in [5.74, 6) is 0. The second kappa shape index (κ2) is 3.68. The van der Waals surface area contributed by atoms with E-state index in [9.17, 15) is 0 Å². The highest BCUT2D eigenvalue weighted by Crippen LogP contribution is 2.25. The molecule has 0 bridgehead atoms. The highest BCUT2D eigenvalue weighted by atomic mass is 32.1. The molecule has 0 fully saturated rings. The summed E-state index contributed by atoms with van der Waals surface area (Å²) in [6, 6.07) is 2.15. The number of thiol groups is 2. The molecule has 0 amide bonds. The predicted molar refractivity (Wildman–Crippen MR) is 64.1 cm³/mol. The zero-order valence-corrected chi connectivity index (χ0v) is 8.91. The molecule has 0 aromatic carbocycles. The van der Waals surface area contributed by atoms with E-state index in [4.69, 9.17) is 0 Å². The summed E-state index contributed by atoms with van der Waals surface area (Å²) in [6.45, 7) is 0. The number of hydrogen-bond donors (Lipinski definition) is 3. The molecule has 68 valence electrons. The first-order chi connectivity index (χ1) is 6.31. The molecule has 1 aliphatic rings. The van der Waals surface area contributed by atoms with Crippen LogP contribution < -0.4 is 0 Å². The fraction of sp³-hybridized carbons (Fsp3) is 0.200. The van der Waals surface area contributed by atoms with Crippen LogP contribution in [0.2, 0.25) is 0 Å². The minimum atomic E-state index is 0.881. The van der Waals surface area contributed by atoms with Crippen LogP contribution in [0.4, 0.5) is 0 Å². The standard InChI is InChI=1S/C10H11NS2/c12-6-10(13)9-5-7-3-1-2-4-8(7)11-9/h2,4-6,11-13H,1,3H2. The number of rotatable bonds is 1. The predicted octanol–water partition coefficient (Wildman–Crippen LogP) is 3.13. The molecule has 0 radical (unpaired) electrons. The fourth-order valence-corrected chi connectivity index (χ4v) is 1.78. The third kappa shape index (κ3) is 1.71. The van der Waals surface area contributed by atoms with Crippen LogP contribution in [0.3, 0.4) is 0 Å². The molecule has 1 N–H and O–H groups in total. The van der Waals surface area contributed by atoms with Crippen LogP contribution in [0, 0.1) is 0 Å². The Balaban J connectivity index is 2.42. The maximum atomic E-state index is 4.31. The van der Waals surface area contributed by atoms with Crippen molar-refractivity contribution in [2.75, 3.05) is 0 Å². The van der Waals surface area contributed by atoms with Gasteiger partial charge in [0.25, 0.3) is 0 Å². The summed E-state index contributed by atoms with van der Waals surface area (Å²) in [5, 5.41) is 1.70. The second-order valence-electron chi connectivity index (χ2n) is 3.08. The van der Waals surface area contributed by atoms with E-state index in [0.29, 0.717) is 0 Å². The summed E-state index contributed by atoms with van der Waals surface area (Å²) < 4.78 is 0. The third-order valence-electron chi connectivity index (χ3n) is 2.20. The molecule has 0 spiro atoms. The molecule has 2 rings (SSSR count). The van der Waals surface area contributed by atoms with Crippen molar-refractivity contribution in [3.05, 3.63) is 34.5 Å². The van der Waals surface area contributed by atoms with Crippen molar-refractivity contribution in [3.63, 3.8) is 0 Å². The lowest BCUT2D eigenvalue weighted by molar-refractivity contribution is 0.985. The Kier molecular flexibility index (Phi) is 2.56. The van der Waals surface area contributed by atoms with Crippen LogP contribution in [0.25, 0.3) is 11.0 Å². The maximum absolute atomic E-state index is 4.31. The van der Waals surface area contributed by atoms with Gasteiger partial charge in [-0.1, -0.05) is 6.08 Å². The number of hydrogen-bond acceptors (Lipinski definition) is 2. The molecule has 13 heavy (non-hydrogen) atoms. The Morgan fingerprint density at radius 3 is 3.08 bits per heavy atom. The normalized spacial score (nSPS) is 16.0. The summed E-state index contributed by atoms with van der Waals surface area (Å²) >= 11 is 8.38. The van der Waals surface area contributed by atoms with Crippen molar-refractivity contribution in [2.45, 2.75) is 12.8 Å². The summed E-state index contributed by atoms with van der Waals surface area (Å²) in [5.41, 5.74) is 3.64. The van der Waals surface area contributed by atoms with Gasteiger partial charge in [-0.25, -0.2) is 0 Å². The number of fused-ring (bicyclic) bond motifs is 1. The smallest absolute Gasteiger partial charge is 0.0528 e. The van der Waals surface area contributed by atoms with Gasteiger partial charge in [0.05, 0.1) is 5.69 Å². The van der Waals surface area contributed by atoms with Crippen LogP contribution in [0.5, 0.6) is 0 Å². The van der Waals surface area contributed by atoms with Gasteiger partial charge >= 0.3 is 0 Å². The Bertz CT molecular complexity index is 374. The molecule has 1 aliphatic carbocycles. The van der Waals surface area contributed by atoms with E-state index in [1.807, 2.05) is 0 Å². The molecular formula is C10H11NS2. The number of allylic oxidation sites excluding steroid dienone is 1. The maximum Gasteiger partial charge on any atom is 0.0528 e. The van der Waals surface area contributed by atoms with Crippen LogP contribution in [-0.2, 0) is 6.42 Å². The number of H-pyrrole nitrogens is 1. The summed E-state index contributed by atoms with van der Waals surface area (Å²) in [4.78, 5) is 4.18. The Hall–Kier alpha value is -0.540. The van der Waals surface area contributed by atoms with Crippen molar-refractivity contribution < 1.29 is 0 Å². The van der Waals surface area contributed by atoms with Gasteiger partial charge in [-0.15, -0.1) is 12.6 Å². The quantitative estimate of drug-likeness (QED) is 0.589. The third-order valence-corrected chi connectivity index (χ3v) is 3.03. The van der Waals surface area contributed by atoms with Gasteiger partial charge in [0.2, 0.25) is 0 Å². The molecule has 1 aromatic heterocycles. The molecule has 0 aliphatic heterocycles. The molecule has 1 heterocycles. The van der Waals surface area contributed by atoms with Crippen molar-refractivity contribution in [3.8, 4) is 0 Å². The van der Waals surface area contributed by atoms with Gasteiger partial charge < -0.3 is 4.98 Å². The molecule has 1 nitrogen and oxygen atoms in total. The van der Waals surface area contributed by atoms with Crippen molar-refractivity contribution in [1.29, 1.82) is 0 Å². The second-order valence-corrected chi connectivity index (χ2v) is 3.82. The van der Waals surface area contributed by atoms with Gasteiger partial charge in [0.15, 0.2) is 0 Å². The van der Waals surface area contributed by atoms with Crippen molar-refractivity contribution in [2.24, 2.45) is 0 Å². The average Bonchev–Trinajstić information content (AvgIpc) is 2.59. The fourth-order valence-electron chi connectivity index (χ4n) is 1.52. The lowest BCUT2D eigenvalue weighted by Crippen LogP contribution is -1.88. The molecule has 3 heteroatoms. The lowest BCUT2D eigenvalue weighted by Gasteiger charge is -2.01. The minimum Gasteiger partial charge on any atom is -0.354 e. The molecule has 0 saturated carbocycles. The zero-order chi connectivity index (χ0) is 9.26. The van der Waals surface area contributed by atoms with Gasteiger partial charge in [0.1, 0.15) is 0 Å². The Morgan fingerprint density at radius 2 is 2.38 bits per heavy atom. The van der Waals surface area contributed by atoms with Crippen LogP contribution in [-0.4, -0.2) is 4.98 Å². The van der Waals surface area contributed by atoms with Gasteiger partial charge in [-0.05, 0) is 36.0 Å². The van der Waals surface area contributed by atoms with Crippen LogP contribution >= 0.6 is 25.3 Å². The molecule has 0 atom stereocenters. The van der Waals surface area contributed by atoms with Crippen molar-refractivity contribution in [1.82, 2.24) is 4.98 Å². The number of aryl methyl sites for hydroxylation is 1. The van der Waals surface area contributed by atoms with E-state index >= 15 is 0 Å². The Labute approximate surface area is 88.8 Å². The lowest BCUT2D eigenvalue weighted by atomic mass is 10.0. The number of nitrogens with one attached hydrogen (secondary N) is 1. The average molecular weight is 209 g/mol. The van der Waals surface area contributed by atoms with Crippen molar-refractivity contribution >= 4 is 36.2 Å². The van der Waals surface area contributed by atoms with E-state index in [2.05, 4.69) is 48.5 Å². The SMILES string of the molecule is SC=C(S)c1cc2c([nH]1)C=CCC2. The van der Waals surface area contributed by atoms with E-state index in [-0.39, 0.29) is 0 Å². The largest absolute Gasteiger partial charge is 0.354 e. The first-order valence-corrected chi connectivity index (χ1v) is 5.20. The molecular weight excluding hydrogens is 198 g/mol. The topological polar surface area (TPSA) is 15.8 Å². The number of aromatic amines is 1. The molecule has 0 unspecified atom stereocenters. The molecule has 0 saturated heterocycles. The minimum absolute atomic E-state index is 0.881. The monoisotopic (exact) mass is 209 g/mol. The zero-order valence-electron chi connectivity index (χ0n) is 7.12. The van der Waals surface area contributed by atoms with Gasteiger partial charge in [0, 0.05) is 10.6 Å². The molecule has 1 aromatic rings. The highest BCUT2D eigenvalue weighted by molar-refractivity contribution is 7.92. The van der Waals surface area contributed by atoms with Crippen LogP contribution in [0.15, 0.2) is 17.6 Å². The van der Waals surface area contributed by atoms with E-state index in [1.165, 1.54) is 11.3 Å². The van der Waals surface area contributed by atoms with Gasteiger partial charge in [-0.2, -0.15) is 12.6 Å². The number of aromatic nitrogens is 1. The van der Waals surface area contributed by atoms with E-state index in [0.717, 1.165) is 23.4 Å². The summed E-state index contributed by atoms with van der Waals surface area (Å²) in [6.07, 6.45) is 6.57. The van der Waals surface area contributed by atoms with Crippen LogP contribution in [0.1, 0.15) is 23.4 Å². The first kappa shape index (κ1) is 9.03. The van der Waals surface area contributed by atoms with Gasteiger partial charge in [-0.3, -0.25) is 0 Å². The summed E-state index contributed by atoms with van der Waals surface area (Å²) in [7, 11) is 0. The van der Waals surface area contributed by atoms with E-state index < -0.39 is 0 Å². The van der Waals surface area contributed by atoms with E-state index in [1.54, 1.807) is 5.41 Å².